The quantitative estimate of drug-likeness (QED) is 0.210. The molecule has 0 amide bonds. The molecule has 7 aliphatic rings. The molecule has 348 valence electrons. The van der Waals surface area contributed by atoms with Crippen molar-refractivity contribution in [1.29, 1.82) is 0 Å². The number of carbonyl (C=O) groups is 1. The number of rotatable bonds is 8. The molecule has 7 rings (SSSR count). The first kappa shape index (κ1) is 47.6. The molecule has 4 fully saturated rings. The molecule has 1 spiro atoms. The zero-order valence-electron chi connectivity index (χ0n) is 38.2. The minimum Gasteiger partial charge on any atom is -0.459 e. The van der Waals surface area contributed by atoms with Gasteiger partial charge in [0.2, 0.25) is 0 Å². The zero-order valence-corrected chi connectivity index (χ0v) is 38.2. The first-order valence-electron chi connectivity index (χ1n) is 22.9. The highest BCUT2D eigenvalue weighted by molar-refractivity contribution is 5.93. The van der Waals surface area contributed by atoms with E-state index in [2.05, 4.69) is 39.8 Å². The minimum absolute atomic E-state index is 0.0242. The summed E-state index contributed by atoms with van der Waals surface area (Å²) in [4.78, 5) is 14.3. The lowest BCUT2D eigenvalue weighted by Crippen LogP contribution is -2.56. The predicted octanol–water partition coefficient (Wildman–Crippen LogP) is 5.38. The van der Waals surface area contributed by atoms with Gasteiger partial charge in [0.1, 0.15) is 30.0 Å². The highest BCUT2D eigenvalue weighted by Crippen LogP contribution is 2.47. The second-order valence-corrected chi connectivity index (χ2v) is 19.0. The molecule has 1 unspecified atom stereocenters. The van der Waals surface area contributed by atoms with E-state index in [0.29, 0.717) is 31.3 Å². The molecule has 14 heteroatoms. The average Bonchev–Trinajstić information content (AvgIpc) is 3.58. The molecule has 62 heavy (non-hydrogen) atoms. The fourth-order valence-corrected chi connectivity index (χ4v) is 10.5. The summed E-state index contributed by atoms with van der Waals surface area (Å²) in [6.07, 6.45) is 8.54. The number of allylic oxidation sites excluding steroid dienone is 2. The van der Waals surface area contributed by atoms with Crippen molar-refractivity contribution < 1.29 is 67.5 Å². The lowest BCUT2D eigenvalue weighted by molar-refractivity contribution is -0.318. The van der Waals surface area contributed by atoms with Gasteiger partial charge in [-0.15, -0.1) is 0 Å². The zero-order chi connectivity index (χ0) is 44.7. The first-order valence-corrected chi connectivity index (χ1v) is 22.9. The topological polar surface area (TPSA) is 170 Å². The molecular weight excluding hydrogens is 801 g/mol. The number of aliphatic hydroxyl groups is 3. The maximum Gasteiger partial charge on any atom is 0.337 e. The number of esters is 1. The monoisotopic (exact) mass is 872 g/mol. The van der Waals surface area contributed by atoms with Gasteiger partial charge in [-0.25, -0.2) is 4.79 Å². The number of hydrogen-bond acceptors (Lipinski definition) is 14. The van der Waals surface area contributed by atoms with E-state index in [1.807, 2.05) is 32.1 Å². The molecule has 3 N–H and O–H groups in total. The van der Waals surface area contributed by atoms with Gasteiger partial charge >= 0.3 is 5.97 Å². The van der Waals surface area contributed by atoms with E-state index in [1.165, 1.54) is 0 Å². The van der Waals surface area contributed by atoms with Crippen LogP contribution in [0, 0.1) is 23.7 Å². The lowest BCUT2D eigenvalue weighted by atomic mass is 9.72. The van der Waals surface area contributed by atoms with E-state index in [4.69, 9.17) is 47.4 Å². The Hall–Kier alpha value is -2.31. The second kappa shape index (κ2) is 19.7. The number of aliphatic hydroxyl groups excluding tert-OH is 2. The Bertz CT molecular complexity index is 1730. The molecule has 0 aromatic rings. The summed E-state index contributed by atoms with van der Waals surface area (Å²) in [5, 5.41) is 34.2. The molecule has 0 radical (unpaired) electrons. The van der Waals surface area contributed by atoms with Crippen LogP contribution in [0.25, 0.3) is 0 Å². The van der Waals surface area contributed by atoms with Crippen LogP contribution in [0.3, 0.4) is 0 Å². The summed E-state index contributed by atoms with van der Waals surface area (Å²) in [6.45, 7) is 16.1. The van der Waals surface area contributed by atoms with Crippen molar-refractivity contribution in [3.8, 4) is 0 Å². The van der Waals surface area contributed by atoms with Crippen LogP contribution >= 0.6 is 0 Å². The molecule has 4 saturated heterocycles. The molecule has 6 heterocycles. The van der Waals surface area contributed by atoms with Gasteiger partial charge in [-0.3, -0.25) is 0 Å². The van der Waals surface area contributed by atoms with E-state index < -0.39 is 90.8 Å². The Kier molecular flexibility index (Phi) is 15.1. The summed E-state index contributed by atoms with van der Waals surface area (Å²) in [7, 11) is 3.22. The summed E-state index contributed by atoms with van der Waals surface area (Å²) in [5.74, 6) is -1.99. The standard InChI is InChI=1S/C48H72O14/c1-11-25(2)43-28(5)17-18-47(62-43)23-34-20-33(61-47)16-15-27(4)42(26(3)13-12-14-32-24-55-45-40(49)29(6)19-35(46(51)58-34)48(32,45)52)59-39-22-37(54-10)44(31(8)57-39)60-38-21-36(53-9)41(50)30(7)56-38/h12-15,17-19,25-26,28-31,33-34,36-45,49-50,52H,11,16,20-24H2,1-10H3/b13-12+,27-15+,32-14+/t25-,26-,28-,29?,30-,31-,33+,34-,36-,37-,38-,39-,40+,41+,42-,43+,44-,45+,47+,48+/m0/s1. The van der Waals surface area contributed by atoms with Gasteiger partial charge in [0, 0.05) is 57.7 Å². The molecule has 0 saturated carbocycles. The average molecular weight is 873 g/mol. The predicted molar refractivity (Wildman–Crippen MR) is 227 cm³/mol. The van der Waals surface area contributed by atoms with E-state index in [0.717, 1.165) is 12.0 Å². The summed E-state index contributed by atoms with van der Waals surface area (Å²) >= 11 is 0. The van der Waals surface area contributed by atoms with Crippen LogP contribution in [0.4, 0.5) is 0 Å². The van der Waals surface area contributed by atoms with Crippen molar-refractivity contribution in [3.05, 3.63) is 59.3 Å². The SMILES string of the molecule is CC[C@H](C)[C@H]1O[C@]2(C=C[C@@H]1C)C[C@@H]1C[C@@H](C/C=C(\C)[C@@H](O[C@H]3C[C@H](OC)[C@@H](O[C@H]4C[C@H](OC)[C@H](O)[C@H](C)O4)[C@H](C)O3)[C@@H](C)/C=C/C=C3\CO[C@@H]4[C@H](O)C(C)C=C(C(=O)O1)[C@]34O)O2. The Balaban J connectivity index is 1.18. The van der Waals surface area contributed by atoms with Crippen LogP contribution in [-0.4, -0.2) is 139 Å². The van der Waals surface area contributed by atoms with E-state index in [1.54, 1.807) is 40.2 Å². The molecule has 14 nitrogen and oxygen atoms in total. The maximum atomic E-state index is 14.3. The van der Waals surface area contributed by atoms with Crippen molar-refractivity contribution in [1.82, 2.24) is 0 Å². The van der Waals surface area contributed by atoms with Crippen molar-refractivity contribution in [2.45, 2.75) is 191 Å². The summed E-state index contributed by atoms with van der Waals surface area (Å²) in [6, 6.07) is 0. The Morgan fingerprint density at radius 3 is 2.31 bits per heavy atom. The van der Waals surface area contributed by atoms with Crippen LogP contribution in [0.2, 0.25) is 0 Å². The number of hydrogen-bond donors (Lipinski definition) is 3. The van der Waals surface area contributed by atoms with Crippen molar-refractivity contribution in [2.75, 3.05) is 20.8 Å². The molecule has 2 bridgehead atoms. The molecule has 0 aromatic heterocycles. The van der Waals surface area contributed by atoms with Crippen LogP contribution in [0.1, 0.15) is 93.9 Å². The summed E-state index contributed by atoms with van der Waals surface area (Å²) < 4.78 is 63.6. The molecule has 6 aliphatic heterocycles. The largest absolute Gasteiger partial charge is 0.459 e. The second-order valence-electron chi connectivity index (χ2n) is 19.0. The third-order valence-corrected chi connectivity index (χ3v) is 14.4. The van der Waals surface area contributed by atoms with Crippen molar-refractivity contribution in [2.24, 2.45) is 23.7 Å². The number of ether oxygens (including phenoxy) is 10. The third kappa shape index (κ3) is 9.64. The number of methoxy groups -OCH3 is 2. The van der Waals surface area contributed by atoms with Gasteiger partial charge in [0.25, 0.3) is 0 Å². The third-order valence-electron chi connectivity index (χ3n) is 14.4. The molecule has 0 aromatic carbocycles. The number of carbonyl (C=O) groups excluding carboxylic acids is 1. The van der Waals surface area contributed by atoms with Crippen LogP contribution < -0.4 is 0 Å². The smallest absolute Gasteiger partial charge is 0.337 e. The van der Waals surface area contributed by atoms with Gasteiger partial charge in [0.15, 0.2) is 18.4 Å². The number of fused-ring (bicyclic) bond motifs is 2. The molecule has 1 aliphatic carbocycles. The first-order chi connectivity index (χ1) is 29.5. The normalized spacial score (nSPS) is 49.1. The molecular formula is C48H72O14. The van der Waals surface area contributed by atoms with Gasteiger partial charge < -0.3 is 62.7 Å². The maximum absolute atomic E-state index is 14.3. The Morgan fingerprint density at radius 2 is 1.58 bits per heavy atom. The highest BCUT2D eigenvalue weighted by atomic mass is 16.7. The van der Waals surface area contributed by atoms with Gasteiger partial charge in [0.05, 0.1) is 61.0 Å². The highest BCUT2D eigenvalue weighted by Gasteiger charge is 2.58. The van der Waals surface area contributed by atoms with E-state index in [-0.39, 0.29) is 54.7 Å². The van der Waals surface area contributed by atoms with Crippen molar-refractivity contribution in [3.63, 3.8) is 0 Å². The van der Waals surface area contributed by atoms with Gasteiger partial charge in [-0.2, -0.15) is 0 Å². The Labute approximate surface area is 367 Å². The van der Waals surface area contributed by atoms with E-state index >= 15 is 0 Å². The van der Waals surface area contributed by atoms with E-state index in [9.17, 15) is 20.1 Å². The Morgan fingerprint density at radius 1 is 0.871 bits per heavy atom. The van der Waals surface area contributed by atoms with Crippen molar-refractivity contribution >= 4 is 5.97 Å². The fourth-order valence-electron chi connectivity index (χ4n) is 10.5. The summed E-state index contributed by atoms with van der Waals surface area (Å²) in [5.41, 5.74) is -0.426. The van der Waals surface area contributed by atoms with Crippen LogP contribution in [0.15, 0.2) is 59.3 Å². The van der Waals surface area contributed by atoms with Crippen LogP contribution in [0.5, 0.6) is 0 Å². The lowest BCUT2D eigenvalue weighted by Gasteiger charge is -2.48. The molecule has 20 atom stereocenters. The fraction of sp³-hybridized carbons (Fsp3) is 0.771. The minimum atomic E-state index is -1.90. The van der Waals surface area contributed by atoms with Gasteiger partial charge in [-0.05, 0) is 50.3 Å². The van der Waals surface area contributed by atoms with Crippen LogP contribution in [-0.2, 0) is 52.2 Å². The van der Waals surface area contributed by atoms with Gasteiger partial charge in [-0.1, -0.05) is 77.5 Å².